The monoisotopic (exact) mass is 340 g/mol. The number of aryl methyl sites for hydroxylation is 3. The average Bonchev–Trinajstić information content (AvgIpc) is 3.06. The topological polar surface area (TPSA) is 43.1 Å². The zero-order valence-electron chi connectivity index (χ0n) is 13.2. The first kappa shape index (κ1) is 14.7. The van der Waals surface area contributed by atoms with E-state index in [1.165, 1.54) is 15.8 Å². The normalized spacial score (nSPS) is 11.6. The van der Waals surface area contributed by atoms with E-state index in [1.54, 1.807) is 23.1 Å². The third kappa shape index (κ3) is 2.62. The zero-order valence-corrected chi connectivity index (χ0v) is 14.8. The summed E-state index contributed by atoms with van der Waals surface area (Å²) in [4.78, 5) is 16.3. The number of aromatic nitrogens is 4. The maximum Gasteiger partial charge on any atom is 0.137 e. The first-order valence-corrected chi connectivity index (χ1v) is 9.22. The van der Waals surface area contributed by atoms with Gasteiger partial charge in [0.25, 0.3) is 0 Å². The lowest BCUT2D eigenvalue weighted by Gasteiger charge is -2.03. The first-order chi connectivity index (χ1) is 11.1. The summed E-state index contributed by atoms with van der Waals surface area (Å²) in [5.41, 5.74) is 3.34. The Bertz CT molecular complexity index is 983. The van der Waals surface area contributed by atoms with Crippen LogP contribution >= 0.6 is 23.1 Å². The molecule has 0 amide bonds. The van der Waals surface area contributed by atoms with Crippen LogP contribution in [0.5, 0.6) is 0 Å². The zero-order chi connectivity index (χ0) is 16.0. The minimum Gasteiger partial charge on any atom is -0.307 e. The van der Waals surface area contributed by atoms with Crippen LogP contribution in [0.15, 0.2) is 35.6 Å². The van der Waals surface area contributed by atoms with Crippen molar-refractivity contribution in [2.24, 2.45) is 0 Å². The molecular weight excluding hydrogens is 324 g/mol. The van der Waals surface area contributed by atoms with Crippen LogP contribution in [0.1, 0.15) is 22.0 Å². The number of fused-ring (bicyclic) bond motifs is 2. The summed E-state index contributed by atoms with van der Waals surface area (Å²) in [6, 6.07) is 6.04. The van der Waals surface area contributed by atoms with E-state index in [0.29, 0.717) is 0 Å². The summed E-state index contributed by atoms with van der Waals surface area (Å²) >= 11 is 3.49. The molecule has 23 heavy (non-hydrogen) atoms. The second-order valence-electron chi connectivity index (χ2n) is 5.53. The molecule has 4 heterocycles. The molecule has 0 spiro atoms. The van der Waals surface area contributed by atoms with Crippen LogP contribution in [-0.2, 0) is 5.75 Å². The third-order valence-electron chi connectivity index (χ3n) is 3.88. The number of pyridine rings is 1. The van der Waals surface area contributed by atoms with Crippen molar-refractivity contribution in [3.05, 3.63) is 52.6 Å². The molecule has 116 valence electrons. The molecule has 0 radical (unpaired) electrons. The minimum absolute atomic E-state index is 0.807. The van der Waals surface area contributed by atoms with Gasteiger partial charge in [-0.1, -0.05) is 17.8 Å². The second-order valence-corrected chi connectivity index (χ2v) is 7.69. The highest BCUT2D eigenvalue weighted by molar-refractivity contribution is 7.98. The lowest BCUT2D eigenvalue weighted by Crippen LogP contribution is -1.92. The van der Waals surface area contributed by atoms with Gasteiger partial charge in [0.15, 0.2) is 0 Å². The van der Waals surface area contributed by atoms with Gasteiger partial charge in [0, 0.05) is 28.4 Å². The maximum absolute atomic E-state index is 4.67. The molecule has 0 aromatic carbocycles. The van der Waals surface area contributed by atoms with Gasteiger partial charge in [0.05, 0.1) is 5.69 Å². The first-order valence-electron chi connectivity index (χ1n) is 7.41. The molecular formula is C17H16N4S2. The van der Waals surface area contributed by atoms with Crippen molar-refractivity contribution < 1.29 is 0 Å². The van der Waals surface area contributed by atoms with Crippen LogP contribution < -0.4 is 0 Å². The Balaban J connectivity index is 1.69. The lowest BCUT2D eigenvalue weighted by molar-refractivity contribution is 1.01. The molecule has 6 heteroatoms. The Hall–Kier alpha value is -1.92. The number of thioether (sulfide) groups is 1. The van der Waals surface area contributed by atoms with Gasteiger partial charge in [0.2, 0.25) is 0 Å². The molecule has 0 fully saturated rings. The SMILES string of the molecule is Cc1nc(SCc2cn3ccccc3n2)c2c(C)c(C)sc2n1. The fraction of sp³-hybridized carbons (Fsp3) is 0.235. The van der Waals surface area contributed by atoms with Gasteiger partial charge >= 0.3 is 0 Å². The summed E-state index contributed by atoms with van der Waals surface area (Å²) in [6.07, 6.45) is 4.11. The molecule has 0 aliphatic rings. The Morgan fingerprint density at radius 2 is 2.00 bits per heavy atom. The second kappa shape index (κ2) is 5.62. The maximum atomic E-state index is 4.67. The van der Waals surface area contributed by atoms with E-state index in [9.17, 15) is 0 Å². The van der Waals surface area contributed by atoms with Crippen LogP contribution in [-0.4, -0.2) is 19.4 Å². The highest BCUT2D eigenvalue weighted by atomic mass is 32.2. The Morgan fingerprint density at radius 1 is 1.13 bits per heavy atom. The van der Waals surface area contributed by atoms with Crippen LogP contribution in [0.25, 0.3) is 15.9 Å². The van der Waals surface area contributed by atoms with Gasteiger partial charge < -0.3 is 4.40 Å². The van der Waals surface area contributed by atoms with Crippen molar-refractivity contribution >= 4 is 39.0 Å². The number of hydrogen-bond acceptors (Lipinski definition) is 5. The van der Waals surface area contributed by atoms with Gasteiger partial charge in [-0.25, -0.2) is 15.0 Å². The number of nitrogens with zero attached hydrogens (tertiary/aromatic N) is 4. The molecule has 4 aromatic rings. The van der Waals surface area contributed by atoms with Crippen molar-refractivity contribution in [2.75, 3.05) is 0 Å². The van der Waals surface area contributed by atoms with Gasteiger partial charge in [0.1, 0.15) is 21.3 Å². The standard InChI is InChI=1S/C17H16N4S2/c1-10-11(2)23-17-15(10)16(18-12(3)19-17)22-9-13-8-21-7-5-4-6-14(21)20-13/h4-8H,9H2,1-3H3. The molecule has 4 rings (SSSR count). The highest BCUT2D eigenvalue weighted by Crippen LogP contribution is 2.36. The number of imidazole rings is 1. The lowest BCUT2D eigenvalue weighted by atomic mass is 10.2. The van der Waals surface area contributed by atoms with E-state index in [2.05, 4.69) is 39.4 Å². The van der Waals surface area contributed by atoms with E-state index in [4.69, 9.17) is 0 Å². The van der Waals surface area contributed by atoms with Crippen LogP contribution in [0.4, 0.5) is 0 Å². The molecule has 4 aromatic heterocycles. The van der Waals surface area contributed by atoms with Gasteiger partial charge in [-0.2, -0.15) is 0 Å². The summed E-state index contributed by atoms with van der Waals surface area (Å²) in [5, 5.41) is 2.26. The fourth-order valence-electron chi connectivity index (χ4n) is 2.62. The molecule has 4 nitrogen and oxygen atoms in total. The molecule has 0 saturated heterocycles. The number of rotatable bonds is 3. The number of thiophene rings is 1. The van der Waals surface area contributed by atoms with E-state index in [0.717, 1.165) is 32.8 Å². The van der Waals surface area contributed by atoms with Crippen LogP contribution in [0.2, 0.25) is 0 Å². The van der Waals surface area contributed by atoms with Crippen molar-refractivity contribution in [3.63, 3.8) is 0 Å². The quantitative estimate of drug-likeness (QED) is 0.405. The van der Waals surface area contributed by atoms with Gasteiger partial charge in [-0.15, -0.1) is 11.3 Å². The van der Waals surface area contributed by atoms with Crippen molar-refractivity contribution in [2.45, 2.75) is 31.6 Å². The van der Waals surface area contributed by atoms with Crippen molar-refractivity contribution in [1.82, 2.24) is 19.4 Å². The Kier molecular flexibility index (Phi) is 3.58. The summed E-state index contributed by atoms with van der Waals surface area (Å²) in [5.74, 6) is 1.64. The molecule has 0 saturated carbocycles. The Labute approximate surface area is 142 Å². The molecule has 0 unspecified atom stereocenters. The molecule has 0 atom stereocenters. The third-order valence-corrected chi connectivity index (χ3v) is 5.99. The summed E-state index contributed by atoms with van der Waals surface area (Å²) in [6.45, 7) is 6.26. The molecule has 0 bridgehead atoms. The van der Waals surface area contributed by atoms with E-state index in [1.807, 2.05) is 31.3 Å². The molecule has 0 aliphatic heterocycles. The molecule has 0 N–H and O–H groups in total. The predicted molar refractivity (Wildman–Crippen MR) is 96.4 cm³/mol. The summed E-state index contributed by atoms with van der Waals surface area (Å²) in [7, 11) is 0. The average molecular weight is 340 g/mol. The van der Waals surface area contributed by atoms with E-state index in [-0.39, 0.29) is 0 Å². The van der Waals surface area contributed by atoms with Crippen molar-refractivity contribution in [1.29, 1.82) is 0 Å². The van der Waals surface area contributed by atoms with Crippen LogP contribution in [0, 0.1) is 20.8 Å². The van der Waals surface area contributed by atoms with Crippen LogP contribution in [0.3, 0.4) is 0 Å². The fourth-order valence-corrected chi connectivity index (χ4v) is 4.77. The van der Waals surface area contributed by atoms with Crippen molar-refractivity contribution in [3.8, 4) is 0 Å². The molecule has 0 aliphatic carbocycles. The minimum atomic E-state index is 0.807. The number of hydrogen-bond donors (Lipinski definition) is 0. The summed E-state index contributed by atoms with van der Waals surface area (Å²) < 4.78 is 2.05. The van der Waals surface area contributed by atoms with Gasteiger partial charge in [-0.3, -0.25) is 0 Å². The highest BCUT2D eigenvalue weighted by Gasteiger charge is 2.14. The van der Waals surface area contributed by atoms with Gasteiger partial charge in [-0.05, 0) is 38.5 Å². The predicted octanol–water partition coefficient (Wildman–Crippen LogP) is 4.56. The van der Waals surface area contributed by atoms with E-state index < -0.39 is 0 Å². The van der Waals surface area contributed by atoms with E-state index >= 15 is 0 Å². The largest absolute Gasteiger partial charge is 0.307 e. The Morgan fingerprint density at radius 3 is 2.83 bits per heavy atom. The smallest absolute Gasteiger partial charge is 0.137 e.